The molecule has 1 aromatic rings. The molecule has 3 nitrogen and oxygen atoms in total. The highest BCUT2D eigenvalue weighted by molar-refractivity contribution is 7.09. The molecule has 0 bridgehead atoms. The number of nitrogens with two attached hydrogens (primary N) is 1. The van der Waals surface area contributed by atoms with Crippen LogP contribution in [0.25, 0.3) is 0 Å². The molecule has 0 radical (unpaired) electrons. The van der Waals surface area contributed by atoms with Crippen molar-refractivity contribution in [2.45, 2.75) is 51.1 Å². The average Bonchev–Trinajstić information content (AvgIpc) is 3.01. The highest BCUT2D eigenvalue weighted by Gasteiger charge is 2.17. The van der Waals surface area contributed by atoms with Crippen LogP contribution in [0.5, 0.6) is 0 Å². The van der Waals surface area contributed by atoms with Gasteiger partial charge < -0.3 is 10.6 Å². The lowest BCUT2D eigenvalue weighted by Crippen LogP contribution is -2.41. The van der Waals surface area contributed by atoms with Crippen LogP contribution in [-0.4, -0.2) is 30.0 Å². The summed E-state index contributed by atoms with van der Waals surface area (Å²) in [5.74, 6) is 0.700. The van der Waals surface area contributed by atoms with E-state index in [1.54, 1.807) is 11.3 Å². The topological polar surface area (TPSA) is 41.6 Å². The Bertz CT molecular complexity index is 380. The summed E-state index contributed by atoms with van der Waals surface area (Å²) in [5, 5.41) is 2.12. The fourth-order valence-corrected chi connectivity index (χ4v) is 3.22. The van der Waals surface area contributed by atoms with Crippen molar-refractivity contribution in [3.05, 3.63) is 22.4 Å². The molecule has 0 aliphatic heterocycles. The summed E-state index contributed by atoms with van der Waals surface area (Å²) in [6.07, 6.45) is 6.04. The van der Waals surface area contributed by atoms with Crippen molar-refractivity contribution in [1.82, 2.24) is 4.90 Å². The molecule has 100 valence electrons. The monoisotopic (exact) mass is 265 g/mol. The van der Waals surface area contributed by atoms with E-state index in [1.165, 1.54) is 30.6 Å². The Balaban J connectivity index is 1.90. The highest BCUT2D eigenvalue weighted by atomic mass is 32.1. The number of aliphatic imine (C=N–C) groups is 1. The number of rotatable bonds is 4. The molecular weight excluding hydrogens is 242 g/mol. The van der Waals surface area contributed by atoms with E-state index in [2.05, 4.69) is 34.3 Å². The summed E-state index contributed by atoms with van der Waals surface area (Å²) in [4.78, 5) is 8.16. The van der Waals surface area contributed by atoms with Crippen molar-refractivity contribution in [2.75, 3.05) is 7.05 Å². The first-order chi connectivity index (χ1) is 8.66. The van der Waals surface area contributed by atoms with Crippen molar-refractivity contribution >= 4 is 17.3 Å². The molecule has 0 aromatic carbocycles. The number of likely N-dealkylation sites (N-methyl/N-ethyl adjacent to an activating group) is 1. The molecule has 0 amide bonds. The van der Waals surface area contributed by atoms with Crippen LogP contribution in [0.1, 0.15) is 37.5 Å². The van der Waals surface area contributed by atoms with Gasteiger partial charge in [-0.05, 0) is 31.2 Å². The Morgan fingerprint density at radius 2 is 2.28 bits per heavy atom. The van der Waals surface area contributed by atoms with Gasteiger partial charge in [0.15, 0.2) is 5.96 Å². The molecule has 1 aliphatic rings. The summed E-state index contributed by atoms with van der Waals surface area (Å²) in [7, 11) is 2.05. The second kappa shape index (κ2) is 6.23. The van der Waals surface area contributed by atoms with Crippen molar-refractivity contribution in [1.29, 1.82) is 0 Å². The second-order valence-electron chi connectivity index (χ2n) is 5.17. The van der Waals surface area contributed by atoms with Crippen LogP contribution in [0.3, 0.4) is 0 Å². The van der Waals surface area contributed by atoms with Gasteiger partial charge in [-0.3, -0.25) is 0 Å². The Kier molecular flexibility index (Phi) is 4.64. The summed E-state index contributed by atoms with van der Waals surface area (Å²) in [5.41, 5.74) is 6.11. The zero-order valence-electron chi connectivity index (χ0n) is 11.3. The first-order valence-corrected chi connectivity index (χ1v) is 7.63. The Labute approximate surface area is 114 Å². The number of hydrogen-bond donors (Lipinski definition) is 1. The van der Waals surface area contributed by atoms with Crippen molar-refractivity contribution in [2.24, 2.45) is 10.7 Å². The van der Waals surface area contributed by atoms with Gasteiger partial charge in [0, 0.05) is 24.4 Å². The number of nitrogens with zero attached hydrogens (tertiary/aromatic N) is 2. The fraction of sp³-hybridized carbons (Fsp3) is 0.643. The van der Waals surface area contributed by atoms with E-state index in [0.29, 0.717) is 18.0 Å². The van der Waals surface area contributed by atoms with Crippen LogP contribution in [0, 0.1) is 0 Å². The first kappa shape index (κ1) is 13.4. The lowest BCUT2D eigenvalue weighted by molar-refractivity contribution is 0.382. The largest absolute Gasteiger partial charge is 0.370 e. The number of guanidine groups is 1. The second-order valence-corrected chi connectivity index (χ2v) is 6.20. The maximum absolute atomic E-state index is 6.11. The summed E-state index contributed by atoms with van der Waals surface area (Å²) in [6, 6.07) is 5.14. The zero-order valence-corrected chi connectivity index (χ0v) is 12.1. The lowest BCUT2D eigenvalue weighted by atomic mass is 10.2. The molecule has 2 rings (SSSR count). The van der Waals surface area contributed by atoms with Gasteiger partial charge in [-0.25, -0.2) is 4.99 Å². The molecular formula is C14H23N3S. The van der Waals surface area contributed by atoms with Crippen LogP contribution in [-0.2, 0) is 6.42 Å². The third kappa shape index (κ3) is 3.48. The summed E-state index contributed by atoms with van der Waals surface area (Å²) >= 11 is 1.81. The van der Waals surface area contributed by atoms with Gasteiger partial charge in [-0.15, -0.1) is 11.3 Å². The van der Waals surface area contributed by atoms with Gasteiger partial charge in [-0.1, -0.05) is 18.9 Å². The molecule has 1 unspecified atom stereocenters. The van der Waals surface area contributed by atoms with E-state index in [4.69, 9.17) is 5.73 Å². The smallest absolute Gasteiger partial charge is 0.191 e. The minimum Gasteiger partial charge on any atom is -0.370 e. The minimum atomic E-state index is 0.397. The van der Waals surface area contributed by atoms with Gasteiger partial charge in [0.1, 0.15) is 0 Å². The molecule has 1 heterocycles. The molecule has 1 fully saturated rings. The van der Waals surface area contributed by atoms with Crippen molar-refractivity contribution < 1.29 is 0 Å². The highest BCUT2D eigenvalue weighted by Crippen LogP contribution is 2.21. The van der Waals surface area contributed by atoms with Gasteiger partial charge in [0.25, 0.3) is 0 Å². The van der Waals surface area contributed by atoms with Crippen molar-refractivity contribution in [3.63, 3.8) is 0 Å². The number of thiophene rings is 1. The first-order valence-electron chi connectivity index (χ1n) is 6.75. The Hall–Kier alpha value is -1.03. The molecule has 1 saturated carbocycles. The van der Waals surface area contributed by atoms with Gasteiger partial charge in [0.2, 0.25) is 0 Å². The molecule has 2 N–H and O–H groups in total. The van der Waals surface area contributed by atoms with Crippen molar-refractivity contribution in [3.8, 4) is 0 Å². The Morgan fingerprint density at radius 3 is 2.89 bits per heavy atom. The quantitative estimate of drug-likeness (QED) is 0.672. The van der Waals surface area contributed by atoms with E-state index in [-0.39, 0.29) is 0 Å². The van der Waals surface area contributed by atoms with Gasteiger partial charge in [0.05, 0.1) is 6.04 Å². The SMILES string of the molecule is CC(Cc1cccs1)N(C)C(N)=NC1CCCC1. The van der Waals surface area contributed by atoms with E-state index in [0.717, 1.165) is 6.42 Å². The van der Waals surface area contributed by atoms with E-state index in [9.17, 15) is 0 Å². The van der Waals surface area contributed by atoms with Gasteiger partial charge in [-0.2, -0.15) is 0 Å². The molecule has 4 heteroatoms. The third-order valence-corrected chi connectivity index (χ3v) is 4.64. The lowest BCUT2D eigenvalue weighted by Gasteiger charge is -2.26. The molecule has 18 heavy (non-hydrogen) atoms. The summed E-state index contributed by atoms with van der Waals surface area (Å²) in [6.45, 7) is 2.21. The normalized spacial score (nSPS) is 19.1. The van der Waals surface area contributed by atoms with Crippen LogP contribution < -0.4 is 5.73 Å². The average molecular weight is 265 g/mol. The van der Waals surface area contributed by atoms with E-state index < -0.39 is 0 Å². The van der Waals surface area contributed by atoms with E-state index in [1.807, 2.05) is 7.05 Å². The molecule has 1 atom stereocenters. The molecule has 0 spiro atoms. The predicted molar refractivity (Wildman–Crippen MR) is 79.1 cm³/mol. The maximum Gasteiger partial charge on any atom is 0.191 e. The van der Waals surface area contributed by atoms with Crippen LogP contribution >= 0.6 is 11.3 Å². The predicted octanol–water partition coefficient (Wildman–Crippen LogP) is 2.87. The van der Waals surface area contributed by atoms with Crippen LogP contribution in [0.15, 0.2) is 22.5 Å². The molecule has 0 saturated heterocycles. The third-order valence-electron chi connectivity index (χ3n) is 3.74. The minimum absolute atomic E-state index is 0.397. The maximum atomic E-state index is 6.11. The molecule has 1 aromatic heterocycles. The fourth-order valence-electron chi connectivity index (χ4n) is 2.39. The van der Waals surface area contributed by atoms with Crippen LogP contribution in [0.4, 0.5) is 0 Å². The van der Waals surface area contributed by atoms with Crippen LogP contribution in [0.2, 0.25) is 0 Å². The van der Waals surface area contributed by atoms with E-state index >= 15 is 0 Å². The van der Waals surface area contributed by atoms with Gasteiger partial charge >= 0.3 is 0 Å². The zero-order chi connectivity index (χ0) is 13.0. The standard InChI is InChI=1S/C14H23N3S/c1-11(10-13-8-5-9-18-13)17(2)14(15)16-12-6-3-4-7-12/h5,8-9,11-12H,3-4,6-7,10H2,1-2H3,(H2,15,16). The molecule has 1 aliphatic carbocycles. The Morgan fingerprint density at radius 1 is 1.56 bits per heavy atom. The summed E-state index contributed by atoms with van der Waals surface area (Å²) < 4.78 is 0. The number of hydrogen-bond acceptors (Lipinski definition) is 2.